The fraction of sp³-hybridized carbons (Fsp3) is 0.875. The third-order valence-corrected chi connectivity index (χ3v) is 4.78. The van der Waals surface area contributed by atoms with Gasteiger partial charge in [-0.3, -0.25) is 9.80 Å². The van der Waals surface area contributed by atoms with Crippen molar-refractivity contribution in [3.05, 3.63) is 12.2 Å². The van der Waals surface area contributed by atoms with E-state index in [4.69, 9.17) is 4.74 Å². The van der Waals surface area contributed by atoms with Gasteiger partial charge in [0.1, 0.15) is 12.2 Å². The van der Waals surface area contributed by atoms with Gasteiger partial charge in [-0.05, 0) is 26.7 Å². The number of aromatic nitrogens is 3. The van der Waals surface area contributed by atoms with Crippen molar-refractivity contribution in [2.75, 3.05) is 39.4 Å². The second-order valence-corrected chi connectivity index (χ2v) is 7.65. The topological polar surface area (TPSA) is 46.4 Å². The fourth-order valence-electron chi connectivity index (χ4n) is 3.70. The van der Waals surface area contributed by atoms with Crippen molar-refractivity contribution in [2.24, 2.45) is 5.92 Å². The lowest BCUT2D eigenvalue weighted by atomic mass is 10.0. The Balaban J connectivity index is 1.64. The summed E-state index contributed by atoms with van der Waals surface area (Å²) in [7, 11) is 0. The standard InChI is InChI=1S/C16H29N5O/c1-13-9-19(10-14(13)20-5-7-22-8-6-20)11-15-17-12-18-21(15)16(2,3)4/h12-14H,5-11H2,1-4H3/t13-,14-/m1/s1. The van der Waals surface area contributed by atoms with Crippen LogP contribution in [0.15, 0.2) is 6.33 Å². The van der Waals surface area contributed by atoms with Gasteiger partial charge >= 0.3 is 0 Å². The van der Waals surface area contributed by atoms with Crippen molar-refractivity contribution in [2.45, 2.75) is 45.8 Å². The maximum atomic E-state index is 5.48. The molecule has 2 saturated heterocycles. The first kappa shape index (κ1) is 15.9. The quantitative estimate of drug-likeness (QED) is 0.839. The first-order valence-corrected chi connectivity index (χ1v) is 8.38. The molecule has 0 amide bonds. The molecule has 1 aromatic rings. The molecule has 0 saturated carbocycles. The van der Waals surface area contributed by atoms with Crippen molar-refractivity contribution >= 4 is 0 Å². The Bertz CT molecular complexity index is 489. The van der Waals surface area contributed by atoms with E-state index in [0.717, 1.165) is 51.8 Å². The van der Waals surface area contributed by atoms with Gasteiger partial charge in [0.2, 0.25) is 0 Å². The summed E-state index contributed by atoms with van der Waals surface area (Å²) in [4.78, 5) is 9.61. The molecule has 124 valence electrons. The van der Waals surface area contributed by atoms with Crippen molar-refractivity contribution in [3.8, 4) is 0 Å². The van der Waals surface area contributed by atoms with E-state index in [1.165, 1.54) is 0 Å². The minimum Gasteiger partial charge on any atom is -0.379 e. The Kier molecular flexibility index (Phi) is 4.52. The van der Waals surface area contributed by atoms with E-state index < -0.39 is 0 Å². The highest BCUT2D eigenvalue weighted by Crippen LogP contribution is 2.24. The van der Waals surface area contributed by atoms with Gasteiger partial charge in [-0.2, -0.15) is 5.10 Å². The third-order valence-electron chi connectivity index (χ3n) is 4.78. The van der Waals surface area contributed by atoms with Crippen LogP contribution in [-0.2, 0) is 16.8 Å². The molecule has 0 radical (unpaired) electrons. The molecule has 0 N–H and O–H groups in total. The molecule has 0 aliphatic carbocycles. The number of likely N-dealkylation sites (tertiary alicyclic amines) is 1. The van der Waals surface area contributed by atoms with Gasteiger partial charge in [0.05, 0.1) is 25.3 Å². The Morgan fingerprint density at radius 2 is 1.95 bits per heavy atom. The van der Waals surface area contributed by atoms with Gasteiger partial charge in [-0.1, -0.05) is 6.92 Å². The summed E-state index contributed by atoms with van der Waals surface area (Å²) in [6, 6.07) is 0.648. The van der Waals surface area contributed by atoms with Crippen LogP contribution in [0.5, 0.6) is 0 Å². The van der Waals surface area contributed by atoms with Crippen LogP contribution >= 0.6 is 0 Å². The van der Waals surface area contributed by atoms with E-state index in [1.54, 1.807) is 6.33 Å². The van der Waals surface area contributed by atoms with Crippen LogP contribution in [-0.4, -0.2) is 70.0 Å². The zero-order valence-electron chi connectivity index (χ0n) is 14.3. The van der Waals surface area contributed by atoms with Gasteiger partial charge in [0.15, 0.2) is 0 Å². The molecule has 0 aromatic carbocycles. The highest BCUT2D eigenvalue weighted by molar-refractivity contribution is 4.95. The minimum atomic E-state index is -0.0131. The highest BCUT2D eigenvalue weighted by atomic mass is 16.5. The second kappa shape index (κ2) is 6.26. The molecule has 6 nitrogen and oxygen atoms in total. The van der Waals surface area contributed by atoms with Gasteiger partial charge in [0.25, 0.3) is 0 Å². The summed E-state index contributed by atoms with van der Waals surface area (Å²) in [5.74, 6) is 1.77. The molecule has 0 bridgehead atoms. The van der Waals surface area contributed by atoms with E-state index in [0.29, 0.717) is 12.0 Å². The molecule has 0 unspecified atom stereocenters. The minimum absolute atomic E-state index is 0.0131. The zero-order valence-corrected chi connectivity index (χ0v) is 14.3. The zero-order chi connectivity index (χ0) is 15.7. The molecule has 2 atom stereocenters. The molecule has 0 spiro atoms. The third kappa shape index (κ3) is 3.34. The van der Waals surface area contributed by atoms with E-state index in [1.807, 2.05) is 0 Å². The summed E-state index contributed by atoms with van der Waals surface area (Å²) in [6.45, 7) is 15.9. The van der Waals surface area contributed by atoms with Crippen molar-refractivity contribution in [3.63, 3.8) is 0 Å². The summed E-state index contributed by atoms with van der Waals surface area (Å²) < 4.78 is 7.54. The van der Waals surface area contributed by atoms with Crippen LogP contribution < -0.4 is 0 Å². The SMILES string of the molecule is C[C@@H]1CN(Cc2ncnn2C(C)(C)C)C[C@H]1N1CCOCC1. The Hall–Kier alpha value is -0.980. The highest BCUT2D eigenvalue weighted by Gasteiger charge is 2.35. The molecule has 6 heteroatoms. The monoisotopic (exact) mass is 307 g/mol. The molecule has 3 rings (SSSR count). The van der Waals surface area contributed by atoms with Gasteiger partial charge in [0, 0.05) is 32.2 Å². The average molecular weight is 307 g/mol. The number of nitrogens with zero attached hydrogens (tertiary/aromatic N) is 5. The van der Waals surface area contributed by atoms with Crippen LogP contribution in [0.25, 0.3) is 0 Å². The van der Waals surface area contributed by atoms with E-state index in [2.05, 4.69) is 52.3 Å². The van der Waals surface area contributed by atoms with Crippen LogP contribution in [0.3, 0.4) is 0 Å². The van der Waals surface area contributed by atoms with Gasteiger partial charge in [-0.25, -0.2) is 9.67 Å². The predicted molar refractivity (Wildman–Crippen MR) is 85.6 cm³/mol. The normalized spacial score (nSPS) is 28.4. The number of hydrogen-bond donors (Lipinski definition) is 0. The van der Waals surface area contributed by atoms with Gasteiger partial charge in [-0.15, -0.1) is 0 Å². The molecular weight excluding hydrogens is 278 g/mol. The van der Waals surface area contributed by atoms with Crippen molar-refractivity contribution < 1.29 is 4.74 Å². The number of hydrogen-bond acceptors (Lipinski definition) is 5. The Morgan fingerprint density at radius 3 is 2.64 bits per heavy atom. The first-order valence-electron chi connectivity index (χ1n) is 8.38. The van der Waals surface area contributed by atoms with Crippen molar-refractivity contribution in [1.82, 2.24) is 24.6 Å². The second-order valence-electron chi connectivity index (χ2n) is 7.65. The maximum absolute atomic E-state index is 5.48. The lowest BCUT2D eigenvalue weighted by molar-refractivity contribution is 0.0117. The maximum Gasteiger partial charge on any atom is 0.141 e. The molecule has 1 aromatic heterocycles. The number of morpholine rings is 1. The van der Waals surface area contributed by atoms with Crippen LogP contribution in [0, 0.1) is 5.92 Å². The average Bonchev–Trinajstić information content (AvgIpc) is 3.06. The smallest absolute Gasteiger partial charge is 0.141 e. The van der Waals surface area contributed by atoms with E-state index >= 15 is 0 Å². The van der Waals surface area contributed by atoms with Crippen LogP contribution in [0.2, 0.25) is 0 Å². The van der Waals surface area contributed by atoms with Crippen molar-refractivity contribution in [1.29, 1.82) is 0 Å². The summed E-state index contributed by atoms with van der Waals surface area (Å²) in [5.41, 5.74) is -0.0131. The molecule has 2 aliphatic heterocycles. The van der Waals surface area contributed by atoms with Crippen LogP contribution in [0.4, 0.5) is 0 Å². The molecule has 2 fully saturated rings. The molecular formula is C16H29N5O. The Labute approximate surface area is 133 Å². The number of rotatable bonds is 3. The lowest BCUT2D eigenvalue weighted by Gasteiger charge is -2.34. The van der Waals surface area contributed by atoms with Crippen LogP contribution in [0.1, 0.15) is 33.5 Å². The lowest BCUT2D eigenvalue weighted by Crippen LogP contribution is -2.46. The summed E-state index contributed by atoms with van der Waals surface area (Å²) in [6.07, 6.45) is 1.68. The van der Waals surface area contributed by atoms with Gasteiger partial charge < -0.3 is 4.74 Å². The summed E-state index contributed by atoms with van der Waals surface area (Å²) >= 11 is 0. The largest absolute Gasteiger partial charge is 0.379 e. The molecule has 2 aliphatic rings. The van der Waals surface area contributed by atoms with E-state index in [9.17, 15) is 0 Å². The Morgan fingerprint density at radius 1 is 1.23 bits per heavy atom. The summed E-state index contributed by atoms with van der Waals surface area (Å²) in [5, 5.41) is 4.41. The molecule has 22 heavy (non-hydrogen) atoms. The van der Waals surface area contributed by atoms with E-state index in [-0.39, 0.29) is 5.54 Å². The number of ether oxygens (including phenoxy) is 1. The molecule has 3 heterocycles. The fourth-order valence-corrected chi connectivity index (χ4v) is 3.70. The predicted octanol–water partition coefficient (Wildman–Crippen LogP) is 1.19. The first-order chi connectivity index (χ1) is 10.4.